The standard InChI is InChI=1S/C14H18O5/c1-7-5-10(9(3)15)13(17)11(12(7)16)6-8(2)14(18)19-4/h5,8,16-17H,6H2,1-4H3/t8-/m1/s1. The molecular formula is C14H18O5. The van der Waals surface area contributed by atoms with E-state index < -0.39 is 11.9 Å². The lowest BCUT2D eigenvalue weighted by atomic mass is 9.94. The smallest absolute Gasteiger partial charge is 0.308 e. The van der Waals surface area contributed by atoms with E-state index in [1.807, 2.05) is 0 Å². The first-order chi connectivity index (χ1) is 8.79. The molecule has 1 rings (SSSR count). The number of phenolic OH excluding ortho intramolecular Hbond substituents is 2. The molecule has 5 nitrogen and oxygen atoms in total. The highest BCUT2D eigenvalue weighted by Gasteiger charge is 2.22. The number of aromatic hydroxyl groups is 2. The van der Waals surface area contributed by atoms with Gasteiger partial charge in [-0.2, -0.15) is 0 Å². The Morgan fingerprint density at radius 3 is 2.37 bits per heavy atom. The highest BCUT2D eigenvalue weighted by atomic mass is 16.5. The van der Waals surface area contributed by atoms with Crippen molar-refractivity contribution in [2.75, 3.05) is 7.11 Å². The number of rotatable bonds is 4. The van der Waals surface area contributed by atoms with Crippen molar-refractivity contribution < 1.29 is 24.5 Å². The van der Waals surface area contributed by atoms with Gasteiger partial charge in [-0.25, -0.2) is 0 Å². The fourth-order valence-electron chi connectivity index (χ4n) is 1.92. The van der Waals surface area contributed by atoms with Crippen molar-refractivity contribution in [2.24, 2.45) is 5.92 Å². The monoisotopic (exact) mass is 266 g/mol. The van der Waals surface area contributed by atoms with Crippen molar-refractivity contribution in [1.29, 1.82) is 0 Å². The van der Waals surface area contributed by atoms with Crippen LogP contribution in [-0.4, -0.2) is 29.1 Å². The van der Waals surface area contributed by atoms with E-state index in [-0.39, 0.29) is 34.8 Å². The molecule has 0 amide bonds. The van der Waals surface area contributed by atoms with Crippen LogP contribution < -0.4 is 0 Å². The van der Waals surface area contributed by atoms with Crippen molar-refractivity contribution in [3.05, 3.63) is 22.8 Å². The summed E-state index contributed by atoms with van der Waals surface area (Å²) in [6.07, 6.45) is 0.103. The first kappa shape index (κ1) is 15.0. The van der Waals surface area contributed by atoms with Crippen LogP contribution in [0.2, 0.25) is 0 Å². The third-order valence-electron chi connectivity index (χ3n) is 3.05. The molecule has 1 aromatic carbocycles. The fraction of sp³-hybridized carbons (Fsp3) is 0.429. The Bertz CT molecular complexity index is 519. The van der Waals surface area contributed by atoms with E-state index in [1.165, 1.54) is 20.1 Å². The fourth-order valence-corrected chi connectivity index (χ4v) is 1.92. The summed E-state index contributed by atoms with van der Waals surface area (Å²) < 4.78 is 4.60. The van der Waals surface area contributed by atoms with Crippen LogP contribution in [0.1, 0.15) is 35.3 Å². The van der Waals surface area contributed by atoms with E-state index in [0.29, 0.717) is 5.56 Å². The van der Waals surface area contributed by atoms with Gasteiger partial charge in [0.2, 0.25) is 0 Å². The minimum absolute atomic E-state index is 0.0988. The van der Waals surface area contributed by atoms with E-state index in [4.69, 9.17) is 0 Å². The molecule has 0 bridgehead atoms. The van der Waals surface area contributed by atoms with Gasteiger partial charge in [0.25, 0.3) is 0 Å². The van der Waals surface area contributed by atoms with Crippen LogP contribution in [0.15, 0.2) is 6.07 Å². The SMILES string of the molecule is COC(=O)[C@H](C)Cc1c(O)c(C)cc(C(C)=O)c1O. The quantitative estimate of drug-likeness (QED) is 0.643. The summed E-state index contributed by atoms with van der Waals surface area (Å²) in [5.74, 6) is -1.63. The summed E-state index contributed by atoms with van der Waals surface area (Å²) in [5.41, 5.74) is 0.820. The van der Waals surface area contributed by atoms with Gasteiger partial charge in [-0.15, -0.1) is 0 Å². The second kappa shape index (κ2) is 5.73. The summed E-state index contributed by atoms with van der Waals surface area (Å²) in [4.78, 5) is 22.8. The minimum Gasteiger partial charge on any atom is -0.507 e. The van der Waals surface area contributed by atoms with Gasteiger partial charge in [-0.1, -0.05) is 6.92 Å². The van der Waals surface area contributed by atoms with Gasteiger partial charge < -0.3 is 14.9 Å². The Hall–Kier alpha value is -2.04. The second-order valence-electron chi connectivity index (χ2n) is 4.60. The maximum absolute atomic E-state index is 11.4. The molecule has 104 valence electrons. The Kier molecular flexibility index (Phi) is 4.53. The minimum atomic E-state index is -0.525. The number of ether oxygens (including phenoxy) is 1. The maximum Gasteiger partial charge on any atom is 0.308 e. The number of hydrogen-bond acceptors (Lipinski definition) is 5. The number of carbonyl (C=O) groups is 2. The summed E-state index contributed by atoms with van der Waals surface area (Å²) in [6, 6.07) is 1.43. The molecule has 1 atom stereocenters. The number of esters is 1. The number of hydrogen-bond donors (Lipinski definition) is 2. The molecule has 0 aromatic heterocycles. The van der Waals surface area contributed by atoms with Gasteiger partial charge in [-0.05, 0) is 31.9 Å². The van der Waals surface area contributed by atoms with Crippen LogP contribution in [0, 0.1) is 12.8 Å². The van der Waals surface area contributed by atoms with Crippen LogP contribution in [0.3, 0.4) is 0 Å². The van der Waals surface area contributed by atoms with Crippen LogP contribution >= 0.6 is 0 Å². The largest absolute Gasteiger partial charge is 0.507 e. The van der Waals surface area contributed by atoms with Crippen molar-refractivity contribution in [3.8, 4) is 11.5 Å². The van der Waals surface area contributed by atoms with Crippen LogP contribution in [-0.2, 0) is 16.0 Å². The molecule has 0 fully saturated rings. The molecule has 2 N–H and O–H groups in total. The first-order valence-corrected chi connectivity index (χ1v) is 5.92. The first-order valence-electron chi connectivity index (χ1n) is 5.92. The van der Waals surface area contributed by atoms with Crippen molar-refractivity contribution in [3.63, 3.8) is 0 Å². The number of Topliss-reactive ketones (excluding diaryl/α,β-unsaturated/α-hetero) is 1. The molecular weight excluding hydrogens is 248 g/mol. The molecule has 19 heavy (non-hydrogen) atoms. The molecule has 0 saturated heterocycles. The lowest BCUT2D eigenvalue weighted by Crippen LogP contribution is -2.15. The predicted molar refractivity (Wildman–Crippen MR) is 69.4 cm³/mol. The Morgan fingerprint density at radius 2 is 1.89 bits per heavy atom. The molecule has 0 saturated carbocycles. The average molecular weight is 266 g/mol. The van der Waals surface area contributed by atoms with E-state index in [9.17, 15) is 19.8 Å². The van der Waals surface area contributed by atoms with Crippen molar-refractivity contribution in [1.82, 2.24) is 0 Å². The highest BCUT2D eigenvalue weighted by Crippen LogP contribution is 2.36. The molecule has 0 aliphatic rings. The molecule has 0 aliphatic carbocycles. The average Bonchev–Trinajstić information content (AvgIpc) is 2.37. The maximum atomic E-state index is 11.4. The van der Waals surface area contributed by atoms with Gasteiger partial charge in [0, 0.05) is 5.56 Å². The lowest BCUT2D eigenvalue weighted by molar-refractivity contribution is -0.144. The zero-order valence-electron chi connectivity index (χ0n) is 11.5. The van der Waals surface area contributed by atoms with E-state index in [1.54, 1.807) is 13.8 Å². The Balaban J connectivity index is 3.26. The van der Waals surface area contributed by atoms with E-state index >= 15 is 0 Å². The second-order valence-corrected chi connectivity index (χ2v) is 4.60. The zero-order chi connectivity index (χ0) is 14.7. The molecule has 0 unspecified atom stereocenters. The number of methoxy groups -OCH3 is 1. The molecule has 0 heterocycles. The Morgan fingerprint density at radius 1 is 1.32 bits per heavy atom. The molecule has 0 radical (unpaired) electrons. The van der Waals surface area contributed by atoms with Gasteiger partial charge in [-0.3, -0.25) is 9.59 Å². The van der Waals surface area contributed by atoms with Gasteiger partial charge in [0.1, 0.15) is 11.5 Å². The molecule has 0 spiro atoms. The van der Waals surface area contributed by atoms with E-state index in [2.05, 4.69) is 4.74 Å². The van der Waals surface area contributed by atoms with Crippen LogP contribution in [0.4, 0.5) is 0 Å². The zero-order valence-corrected chi connectivity index (χ0v) is 11.5. The third-order valence-corrected chi connectivity index (χ3v) is 3.05. The number of phenols is 2. The summed E-state index contributed by atoms with van der Waals surface area (Å²) >= 11 is 0. The van der Waals surface area contributed by atoms with Crippen molar-refractivity contribution in [2.45, 2.75) is 27.2 Å². The summed E-state index contributed by atoms with van der Waals surface area (Å²) in [5, 5.41) is 20.0. The number of ketones is 1. The van der Waals surface area contributed by atoms with Gasteiger partial charge >= 0.3 is 5.97 Å². The number of aryl methyl sites for hydroxylation is 1. The molecule has 1 aromatic rings. The molecule has 5 heteroatoms. The normalized spacial score (nSPS) is 12.0. The summed E-state index contributed by atoms with van der Waals surface area (Å²) in [6.45, 7) is 4.59. The number of benzene rings is 1. The van der Waals surface area contributed by atoms with Gasteiger partial charge in [0.15, 0.2) is 5.78 Å². The van der Waals surface area contributed by atoms with Crippen LogP contribution in [0.5, 0.6) is 11.5 Å². The highest BCUT2D eigenvalue weighted by molar-refractivity contribution is 5.97. The van der Waals surface area contributed by atoms with Crippen molar-refractivity contribution >= 4 is 11.8 Å². The molecule has 0 aliphatic heterocycles. The topological polar surface area (TPSA) is 83.8 Å². The predicted octanol–water partition coefficient (Wildman–Crippen LogP) is 1.96. The van der Waals surface area contributed by atoms with E-state index in [0.717, 1.165) is 0 Å². The van der Waals surface area contributed by atoms with Crippen LogP contribution in [0.25, 0.3) is 0 Å². The Labute approximate surface area is 111 Å². The third kappa shape index (κ3) is 3.05. The number of carbonyl (C=O) groups excluding carboxylic acids is 2. The van der Waals surface area contributed by atoms with Gasteiger partial charge in [0.05, 0.1) is 18.6 Å². The summed E-state index contributed by atoms with van der Waals surface area (Å²) in [7, 11) is 1.27. The lowest BCUT2D eigenvalue weighted by Gasteiger charge is -2.15.